The van der Waals surface area contributed by atoms with Crippen molar-refractivity contribution < 1.29 is 18.4 Å². The number of carbonyl (C=O) groups is 1. The average molecular weight is 223 g/mol. The van der Waals surface area contributed by atoms with Crippen molar-refractivity contribution >= 4 is 14.9 Å². The number of rotatable bonds is 9. The fourth-order valence-electron chi connectivity index (χ4n) is 0.616. The lowest BCUT2D eigenvalue weighted by Gasteiger charge is -2.15. The van der Waals surface area contributed by atoms with Crippen molar-refractivity contribution in [1.82, 2.24) is 4.90 Å². The Bertz CT molecular complexity index is 145. The summed E-state index contributed by atoms with van der Waals surface area (Å²) >= 11 is 0. The maximum atomic E-state index is 10.0. The van der Waals surface area contributed by atoms with E-state index in [9.17, 15) is 4.79 Å². The van der Waals surface area contributed by atoms with Crippen LogP contribution in [0.25, 0.3) is 0 Å². The van der Waals surface area contributed by atoms with Crippen molar-refractivity contribution in [2.75, 3.05) is 41.0 Å². The van der Waals surface area contributed by atoms with E-state index in [1.54, 1.807) is 0 Å². The summed E-state index contributed by atoms with van der Waals surface area (Å²) in [5.74, 6) is 0. The van der Waals surface area contributed by atoms with E-state index >= 15 is 0 Å². The molecule has 5 nitrogen and oxygen atoms in total. The standard InChI is InChI=1S/C8H18NO4P/c1-9(2)5-8-13-14(11-3)12-7-4-6-10/h6H,4-5,7-8H2,1-3H3. The molecule has 0 saturated heterocycles. The van der Waals surface area contributed by atoms with Crippen molar-refractivity contribution in [2.24, 2.45) is 0 Å². The number of carbonyl (C=O) groups excluding carboxylic acids is 1. The monoisotopic (exact) mass is 223 g/mol. The first kappa shape index (κ1) is 13.9. The molecule has 0 aromatic carbocycles. The molecule has 1 atom stereocenters. The van der Waals surface area contributed by atoms with Crippen LogP contribution < -0.4 is 0 Å². The van der Waals surface area contributed by atoms with Gasteiger partial charge >= 0.3 is 8.60 Å². The highest BCUT2D eigenvalue weighted by Gasteiger charge is 2.09. The molecule has 0 aliphatic heterocycles. The molecule has 0 aromatic heterocycles. The molecular formula is C8H18NO4P. The Labute approximate surface area is 86.3 Å². The zero-order valence-corrected chi connectivity index (χ0v) is 9.83. The highest BCUT2D eigenvalue weighted by atomic mass is 31.2. The van der Waals surface area contributed by atoms with Crippen LogP contribution in [0.15, 0.2) is 0 Å². The van der Waals surface area contributed by atoms with Crippen LogP contribution in [0.1, 0.15) is 6.42 Å². The predicted octanol–water partition coefficient (Wildman–Crippen LogP) is 1.04. The molecule has 0 fully saturated rings. The van der Waals surface area contributed by atoms with Gasteiger partial charge < -0.3 is 23.3 Å². The van der Waals surface area contributed by atoms with Crippen molar-refractivity contribution in [1.29, 1.82) is 0 Å². The van der Waals surface area contributed by atoms with E-state index < -0.39 is 8.60 Å². The Morgan fingerprint density at radius 3 is 2.43 bits per heavy atom. The molecule has 0 aliphatic carbocycles. The number of nitrogens with zero attached hydrogens (tertiary/aromatic N) is 1. The van der Waals surface area contributed by atoms with E-state index in [4.69, 9.17) is 13.6 Å². The summed E-state index contributed by atoms with van der Waals surface area (Å²) < 4.78 is 15.5. The fraction of sp³-hybridized carbons (Fsp3) is 0.875. The molecule has 0 aliphatic rings. The van der Waals surface area contributed by atoms with Gasteiger partial charge in [-0.25, -0.2) is 0 Å². The van der Waals surface area contributed by atoms with Crippen LogP contribution in [0.4, 0.5) is 0 Å². The lowest BCUT2D eigenvalue weighted by molar-refractivity contribution is -0.108. The highest BCUT2D eigenvalue weighted by Crippen LogP contribution is 2.38. The van der Waals surface area contributed by atoms with Gasteiger partial charge in [-0.3, -0.25) is 0 Å². The van der Waals surface area contributed by atoms with E-state index in [2.05, 4.69) is 0 Å². The summed E-state index contributed by atoms with van der Waals surface area (Å²) in [6.45, 7) is 1.73. The summed E-state index contributed by atoms with van der Waals surface area (Å²) in [7, 11) is 4.17. The van der Waals surface area contributed by atoms with Crippen LogP contribution >= 0.6 is 8.60 Å². The van der Waals surface area contributed by atoms with Crippen molar-refractivity contribution in [3.8, 4) is 0 Å². The first-order valence-electron chi connectivity index (χ1n) is 4.39. The molecule has 0 N–H and O–H groups in total. The van der Waals surface area contributed by atoms with E-state index in [1.807, 2.05) is 19.0 Å². The normalized spacial score (nSPS) is 13.1. The zero-order chi connectivity index (χ0) is 10.8. The van der Waals surface area contributed by atoms with Crippen LogP contribution in [-0.2, 0) is 18.4 Å². The molecule has 0 rings (SSSR count). The van der Waals surface area contributed by atoms with Crippen molar-refractivity contribution in [3.63, 3.8) is 0 Å². The third kappa shape index (κ3) is 8.53. The second-order valence-electron chi connectivity index (χ2n) is 2.83. The summed E-state index contributed by atoms with van der Waals surface area (Å²) in [4.78, 5) is 12.0. The van der Waals surface area contributed by atoms with Gasteiger partial charge in [0, 0.05) is 20.1 Å². The Hall–Kier alpha value is -0.0600. The Balaban J connectivity index is 3.42. The lowest BCUT2D eigenvalue weighted by Crippen LogP contribution is -2.17. The van der Waals surface area contributed by atoms with Crippen molar-refractivity contribution in [3.05, 3.63) is 0 Å². The Morgan fingerprint density at radius 1 is 1.29 bits per heavy atom. The molecule has 0 heterocycles. The maximum Gasteiger partial charge on any atom is 0.332 e. The molecule has 0 spiro atoms. The number of hydrogen-bond donors (Lipinski definition) is 0. The third-order valence-corrected chi connectivity index (χ3v) is 2.40. The third-order valence-electron chi connectivity index (χ3n) is 1.32. The number of aldehydes is 1. The van der Waals surface area contributed by atoms with E-state index in [1.165, 1.54) is 7.11 Å². The maximum absolute atomic E-state index is 10.0. The predicted molar refractivity (Wildman–Crippen MR) is 55.1 cm³/mol. The van der Waals surface area contributed by atoms with Crippen LogP contribution in [0.3, 0.4) is 0 Å². The molecular weight excluding hydrogens is 205 g/mol. The topological polar surface area (TPSA) is 48.0 Å². The van der Waals surface area contributed by atoms with Gasteiger partial charge in [0.25, 0.3) is 0 Å². The van der Waals surface area contributed by atoms with Gasteiger partial charge in [0.2, 0.25) is 0 Å². The summed E-state index contributed by atoms with van der Waals surface area (Å²) in [6, 6.07) is 0. The van der Waals surface area contributed by atoms with E-state index in [0.29, 0.717) is 19.6 Å². The van der Waals surface area contributed by atoms with Gasteiger partial charge in [-0.2, -0.15) is 0 Å². The molecule has 0 bridgehead atoms. The zero-order valence-electron chi connectivity index (χ0n) is 8.93. The van der Waals surface area contributed by atoms with Crippen molar-refractivity contribution in [2.45, 2.75) is 6.42 Å². The molecule has 84 valence electrons. The molecule has 1 unspecified atom stereocenters. The largest absolute Gasteiger partial charge is 0.332 e. The number of hydrogen-bond acceptors (Lipinski definition) is 5. The molecule has 0 aromatic rings. The minimum Gasteiger partial charge on any atom is -0.316 e. The van der Waals surface area contributed by atoms with Gasteiger partial charge in [0.15, 0.2) is 0 Å². The van der Waals surface area contributed by atoms with Gasteiger partial charge in [0.05, 0.1) is 13.2 Å². The average Bonchev–Trinajstić information content (AvgIpc) is 2.15. The van der Waals surface area contributed by atoms with E-state index in [0.717, 1.165) is 12.8 Å². The minimum atomic E-state index is -1.29. The first-order chi connectivity index (χ1) is 6.70. The van der Waals surface area contributed by atoms with Crippen LogP contribution in [0, 0.1) is 0 Å². The second-order valence-corrected chi connectivity index (χ2v) is 4.16. The van der Waals surface area contributed by atoms with E-state index in [-0.39, 0.29) is 0 Å². The molecule has 0 radical (unpaired) electrons. The summed E-state index contributed by atoms with van der Waals surface area (Å²) in [6.07, 6.45) is 1.18. The van der Waals surface area contributed by atoms with Crippen LogP contribution in [-0.4, -0.2) is 52.1 Å². The summed E-state index contributed by atoms with van der Waals surface area (Å²) in [5, 5.41) is 0. The number of likely N-dealkylation sites (N-methyl/N-ethyl adjacent to an activating group) is 1. The first-order valence-corrected chi connectivity index (χ1v) is 5.48. The summed E-state index contributed by atoms with van der Waals surface area (Å²) in [5.41, 5.74) is 0. The quantitative estimate of drug-likeness (QED) is 0.332. The highest BCUT2D eigenvalue weighted by molar-refractivity contribution is 7.41. The fourth-order valence-corrected chi connectivity index (χ4v) is 1.39. The van der Waals surface area contributed by atoms with Crippen LogP contribution in [0.2, 0.25) is 0 Å². The van der Waals surface area contributed by atoms with Gasteiger partial charge in [-0.1, -0.05) is 0 Å². The molecule has 6 heteroatoms. The van der Waals surface area contributed by atoms with Crippen LogP contribution in [0.5, 0.6) is 0 Å². The smallest absolute Gasteiger partial charge is 0.316 e. The van der Waals surface area contributed by atoms with Gasteiger partial charge in [-0.05, 0) is 14.1 Å². The molecule has 0 amide bonds. The SMILES string of the molecule is COP(OCCC=O)OCCN(C)C. The second kappa shape index (κ2) is 9.49. The minimum absolute atomic E-state index is 0.352. The van der Waals surface area contributed by atoms with Gasteiger partial charge in [-0.15, -0.1) is 0 Å². The lowest BCUT2D eigenvalue weighted by atomic mass is 10.5. The Kier molecular flexibility index (Phi) is 9.45. The molecule has 0 saturated carbocycles. The Morgan fingerprint density at radius 2 is 1.93 bits per heavy atom. The molecule has 14 heavy (non-hydrogen) atoms. The van der Waals surface area contributed by atoms with Gasteiger partial charge in [0.1, 0.15) is 6.29 Å².